The smallest absolute Gasteiger partial charge is 0.244 e. The van der Waals surface area contributed by atoms with Crippen molar-refractivity contribution in [3.05, 3.63) is 24.3 Å². The maximum Gasteiger partial charge on any atom is 0.244 e. The molecule has 26 heavy (non-hydrogen) atoms. The number of nitrogens with one attached hydrogen (secondary N) is 1. The topological polar surface area (TPSA) is 69.7 Å². The van der Waals surface area contributed by atoms with E-state index < -0.39 is 0 Å². The van der Waals surface area contributed by atoms with Crippen molar-refractivity contribution in [1.82, 2.24) is 4.90 Å². The average molecular weight is 355 g/mol. The summed E-state index contributed by atoms with van der Waals surface area (Å²) in [5, 5.41) is 2.91. The molecule has 1 saturated carbocycles. The van der Waals surface area contributed by atoms with Gasteiger partial charge in [0.15, 0.2) is 0 Å². The van der Waals surface area contributed by atoms with Crippen LogP contribution in [-0.4, -0.2) is 42.3 Å². The average Bonchev–Trinajstić information content (AvgIpc) is 3.26. The van der Waals surface area contributed by atoms with E-state index in [1.165, 1.54) is 4.90 Å². The Morgan fingerprint density at radius 2 is 1.58 bits per heavy atom. The van der Waals surface area contributed by atoms with Crippen LogP contribution in [0.3, 0.4) is 0 Å². The standard InChI is InChI=1S/C20H25N3O3/c24-18(13-23-19(25)14-7-1-2-8-15(14)20(23)26)21-16-9-3-4-10-17(16)22-11-5-6-12-22/h3-4,9-10,14-15H,1-2,5-8,11-13H2,(H,21,24)/t14-,15-/m1/s1. The van der Waals surface area contributed by atoms with Crippen LogP contribution >= 0.6 is 0 Å². The number of carbonyl (C=O) groups is 3. The van der Waals surface area contributed by atoms with Gasteiger partial charge in [-0.1, -0.05) is 25.0 Å². The Kier molecular flexibility index (Phi) is 4.66. The summed E-state index contributed by atoms with van der Waals surface area (Å²) in [5.41, 5.74) is 1.75. The third-order valence-corrected chi connectivity index (χ3v) is 5.86. The number of para-hydroxylation sites is 2. The Balaban J connectivity index is 1.45. The Morgan fingerprint density at radius 1 is 0.962 bits per heavy atom. The van der Waals surface area contributed by atoms with E-state index in [9.17, 15) is 14.4 Å². The van der Waals surface area contributed by atoms with Gasteiger partial charge in [0.1, 0.15) is 6.54 Å². The van der Waals surface area contributed by atoms with E-state index in [0.29, 0.717) is 0 Å². The van der Waals surface area contributed by atoms with Crippen LogP contribution in [0.4, 0.5) is 11.4 Å². The molecule has 1 N–H and O–H groups in total. The molecule has 0 bridgehead atoms. The number of hydrogen-bond donors (Lipinski definition) is 1. The summed E-state index contributed by atoms with van der Waals surface area (Å²) in [6.07, 6.45) is 5.83. The second kappa shape index (κ2) is 7.09. The minimum absolute atomic E-state index is 0.164. The monoisotopic (exact) mass is 355 g/mol. The van der Waals surface area contributed by atoms with Crippen LogP contribution in [0.1, 0.15) is 38.5 Å². The Morgan fingerprint density at radius 3 is 2.23 bits per heavy atom. The predicted molar refractivity (Wildman–Crippen MR) is 98.7 cm³/mol. The van der Waals surface area contributed by atoms with Gasteiger partial charge in [0.05, 0.1) is 23.2 Å². The van der Waals surface area contributed by atoms with Crippen LogP contribution < -0.4 is 10.2 Å². The van der Waals surface area contributed by atoms with Gasteiger partial charge < -0.3 is 10.2 Å². The molecule has 1 aromatic carbocycles. The number of likely N-dealkylation sites (tertiary alicyclic amines) is 1. The lowest BCUT2D eigenvalue weighted by atomic mass is 9.81. The third kappa shape index (κ3) is 3.08. The molecule has 3 fully saturated rings. The quantitative estimate of drug-likeness (QED) is 0.842. The van der Waals surface area contributed by atoms with E-state index in [0.717, 1.165) is 63.0 Å². The fourth-order valence-electron chi connectivity index (χ4n) is 4.53. The number of carbonyl (C=O) groups excluding carboxylic acids is 3. The second-order valence-corrected chi connectivity index (χ2v) is 7.52. The molecule has 1 aliphatic carbocycles. The number of benzene rings is 1. The van der Waals surface area contributed by atoms with Gasteiger partial charge in [0, 0.05) is 13.1 Å². The molecule has 4 rings (SSSR count). The van der Waals surface area contributed by atoms with Crippen molar-refractivity contribution in [3.8, 4) is 0 Å². The number of nitrogens with zero attached hydrogens (tertiary/aromatic N) is 2. The number of hydrogen-bond acceptors (Lipinski definition) is 4. The molecule has 2 atom stereocenters. The van der Waals surface area contributed by atoms with Crippen molar-refractivity contribution in [3.63, 3.8) is 0 Å². The third-order valence-electron chi connectivity index (χ3n) is 5.86. The minimum Gasteiger partial charge on any atom is -0.370 e. The molecule has 6 heteroatoms. The molecule has 0 radical (unpaired) electrons. The maximum atomic E-state index is 12.6. The number of fused-ring (bicyclic) bond motifs is 1. The van der Waals surface area contributed by atoms with Gasteiger partial charge in [0.25, 0.3) is 0 Å². The highest BCUT2D eigenvalue weighted by Gasteiger charge is 2.48. The van der Waals surface area contributed by atoms with Crippen LogP contribution in [0, 0.1) is 11.8 Å². The highest BCUT2D eigenvalue weighted by molar-refractivity contribution is 6.09. The molecule has 3 amide bonds. The summed E-state index contributed by atoms with van der Waals surface area (Å²) >= 11 is 0. The van der Waals surface area contributed by atoms with Gasteiger partial charge in [-0.25, -0.2) is 0 Å². The van der Waals surface area contributed by atoms with Gasteiger partial charge in [-0.05, 0) is 37.8 Å². The fourth-order valence-corrected chi connectivity index (χ4v) is 4.53. The van der Waals surface area contributed by atoms with Gasteiger partial charge >= 0.3 is 0 Å². The summed E-state index contributed by atoms with van der Waals surface area (Å²) in [5.74, 6) is -1.05. The molecule has 6 nitrogen and oxygen atoms in total. The lowest BCUT2D eigenvalue weighted by Crippen LogP contribution is -2.38. The first kappa shape index (κ1) is 17.1. The predicted octanol–water partition coefficient (Wildman–Crippen LogP) is 2.40. The number of amides is 3. The molecule has 0 aromatic heterocycles. The van der Waals surface area contributed by atoms with E-state index in [2.05, 4.69) is 10.2 Å². The molecule has 138 valence electrons. The van der Waals surface area contributed by atoms with Crippen molar-refractivity contribution < 1.29 is 14.4 Å². The van der Waals surface area contributed by atoms with Crippen molar-refractivity contribution in [1.29, 1.82) is 0 Å². The Labute approximate surface area is 153 Å². The SMILES string of the molecule is O=C(CN1C(=O)[C@@H]2CCCC[C@H]2C1=O)Nc1ccccc1N1CCCC1. The molecule has 2 aliphatic heterocycles. The lowest BCUT2D eigenvalue weighted by Gasteiger charge is -2.22. The summed E-state index contributed by atoms with van der Waals surface area (Å²) in [7, 11) is 0. The summed E-state index contributed by atoms with van der Waals surface area (Å²) < 4.78 is 0. The number of imide groups is 1. The van der Waals surface area contributed by atoms with Crippen LogP contribution in [0.2, 0.25) is 0 Å². The second-order valence-electron chi connectivity index (χ2n) is 7.52. The summed E-state index contributed by atoms with van der Waals surface area (Å²) in [6, 6.07) is 7.72. The zero-order valence-corrected chi connectivity index (χ0v) is 14.9. The molecule has 2 saturated heterocycles. The van der Waals surface area contributed by atoms with Gasteiger partial charge in [-0.2, -0.15) is 0 Å². The fraction of sp³-hybridized carbons (Fsp3) is 0.550. The maximum absolute atomic E-state index is 12.6. The van der Waals surface area contributed by atoms with Gasteiger partial charge in [-0.3, -0.25) is 19.3 Å². The largest absolute Gasteiger partial charge is 0.370 e. The van der Waals surface area contributed by atoms with E-state index in [4.69, 9.17) is 0 Å². The van der Waals surface area contributed by atoms with E-state index in [1.807, 2.05) is 24.3 Å². The molecule has 0 unspecified atom stereocenters. The van der Waals surface area contributed by atoms with E-state index in [1.54, 1.807) is 0 Å². The lowest BCUT2D eigenvalue weighted by molar-refractivity contribution is -0.142. The van der Waals surface area contributed by atoms with Gasteiger partial charge in [-0.15, -0.1) is 0 Å². The molecule has 0 spiro atoms. The van der Waals surface area contributed by atoms with E-state index >= 15 is 0 Å². The Hall–Kier alpha value is -2.37. The summed E-state index contributed by atoms with van der Waals surface area (Å²) in [4.78, 5) is 41.1. The highest BCUT2D eigenvalue weighted by atomic mass is 16.2. The van der Waals surface area contributed by atoms with E-state index in [-0.39, 0.29) is 36.1 Å². The number of rotatable bonds is 4. The molecule has 1 aromatic rings. The molecule has 2 heterocycles. The zero-order valence-electron chi connectivity index (χ0n) is 14.9. The van der Waals surface area contributed by atoms with Crippen LogP contribution in [0.25, 0.3) is 0 Å². The minimum atomic E-state index is -0.308. The summed E-state index contributed by atoms with van der Waals surface area (Å²) in [6.45, 7) is 1.79. The van der Waals surface area contributed by atoms with Crippen LogP contribution in [0.5, 0.6) is 0 Å². The van der Waals surface area contributed by atoms with Crippen molar-refractivity contribution in [2.75, 3.05) is 29.9 Å². The van der Waals surface area contributed by atoms with Crippen molar-refractivity contribution in [2.45, 2.75) is 38.5 Å². The van der Waals surface area contributed by atoms with Gasteiger partial charge in [0.2, 0.25) is 17.7 Å². The molecular weight excluding hydrogens is 330 g/mol. The normalized spacial score (nSPS) is 25.5. The highest BCUT2D eigenvalue weighted by Crippen LogP contribution is 2.38. The first-order valence-electron chi connectivity index (χ1n) is 9.64. The van der Waals surface area contributed by atoms with Crippen LogP contribution in [0.15, 0.2) is 24.3 Å². The molecule has 3 aliphatic rings. The Bertz CT molecular complexity index is 703. The number of anilines is 2. The zero-order chi connectivity index (χ0) is 18.1. The van der Waals surface area contributed by atoms with Crippen LogP contribution in [-0.2, 0) is 14.4 Å². The first-order chi connectivity index (χ1) is 12.6. The first-order valence-corrected chi connectivity index (χ1v) is 9.64. The molecular formula is C20H25N3O3. The van der Waals surface area contributed by atoms with Crippen molar-refractivity contribution >= 4 is 29.1 Å². The van der Waals surface area contributed by atoms with Crippen molar-refractivity contribution in [2.24, 2.45) is 11.8 Å².